The molecule has 0 atom stereocenters. The molecule has 3 nitrogen and oxygen atoms in total. The van der Waals surface area contributed by atoms with Crippen molar-refractivity contribution in [3.63, 3.8) is 0 Å². The van der Waals surface area contributed by atoms with Gasteiger partial charge in [0, 0.05) is 24.5 Å². The van der Waals surface area contributed by atoms with Crippen molar-refractivity contribution in [2.75, 3.05) is 18.4 Å². The number of para-hydroxylation sites is 1. The summed E-state index contributed by atoms with van der Waals surface area (Å²) in [6.07, 6.45) is 1.17. The van der Waals surface area contributed by atoms with Gasteiger partial charge in [0.05, 0.1) is 10.7 Å². The Morgan fingerprint density at radius 3 is 2.59 bits per heavy atom. The zero-order valence-corrected chi connectivity index (χ0v) is 13.6. The first-order chi connectivity index (χ1) is 10.6. The molecular formula is C17H18Cl2N2O. The average Bonchev–Trinajstić information content (AvgIpc) is 2.49. The van der Waals surface area contributed by atoms with Crippen LogP contribution in [-0.4, -0.2) is 19.0 Å². The number of benzene rings is 2. The molecular weight excluding hydrogens is 319 g/mol. The minimum absolute atomic E-state index is 0.0154. The van der Waals surface area contributed by atoms with Gasteiger partial charge in [0.25, 0.3) is 0 Å². The van der Waals surface area contributed by atoms with Gasteiger partial charge in [-0.05, 0) is 36.2 Å². The summed E-state index contributed by atoms with van der Waals surface area (Å²) in [7, 11) is 0. The van der Waals surface area contributed by atoms with Crippen molar-refractivity contribution in [2.24, 2.45) is 0 Å². The Morgan fingerprint density at radius 1 is 1.00 bits per heavy atom. The highest BCUT2D eigenvalue weighted by Gasteiger charge is 2.02. The predicted molar refractivity (Wildman–Crippen MR) is 92.7 cm³/mol. The summed E-state index contributed by atoms with van der Waals surface area (Å²) in [6, 6.07) is 15.1. The number of anilines is 1. The van der Waals surface area contributed by atoms with Gasteiger partial charge >= 0.3 is 0 Å². The summed E-state index contributed by atoms with van der Waals surface area (Å²) in [5, 5.41) is 7.42. The highest BCUT2D eigenvalue weighted by Crippen LogP contribution is 2.20. The van der Waals surface area contributed by atoms with Crippen LogP contribution in [0, 0.1) is 0 Å². The molecule has 0 fully saturated rings. The van der Waals surface area contributed by atoms with E-state index in [4.69, 9.17) is 23.2 Å². The second kappa shape index (κ2) is 8.66. The monoisotopic (exact) mass is 336 g/mol. The second-order valence-electron chi connectivity index (χ2n) is 4.89. The quantitative estimate of drug-likeness (QED) is 0.797. The molecule has 0 aromatic heterocycles. The Labute approximate surface area is 140 Å². The first-order valence-electron chi connectivity index (χ1n) is 7.15. The first kappa shape index (κ1) is 16.7. The molecule has 5 heteroatoms. The highest BCUT2D eigenvalue weighted by atomic mass is 35.5. The van der Waals surface area contributed by atoms with Crippen LogP contribution in [0.1, 0.15) is 12.0 Å². The van der Waals surface area contributed by atoms with Crippen molar-refractivity contribution in [1.29, 1.82) is 0 Å². The van der Waals surface area contributed by atoms with Crippen LogP contribution in [0.5, 0.6) is 0 Å². The molecule has 2 aromatic rings. The summed E-state index contributed by atoms with van der Waals surface area (Å²) in [5.41, 5.74) is 1.96. The van der Waals surface area contributed by atoms with Gasteiger partial charge in [-0.25, -0.2) is 0 Å². The molecule has 0 aliphatic rings. The molecule has 22 heavy (non-hydrogen) atoms. The summed E-state index contributed by atoms with van der Waals surface area (Å²) < 4.78 is 0. The van der Waals surface area contributed by atoms with Crippen LogP contribution < -0.4 is 10.6 Å². The minimum Gasteiger partial charge on any atom is -0.383 e. The number of carbonyl (C=O) groups is 1. The molecule has 0 aliphatic heterocycles. The smallest absolute Gasteiger partial charge is 0.221 e. The fourth-order valence-corrected chi connectivity index (χ4v) is 2.46. The van der Waals surface area contributed by atoms with Gasteiger partial charge in [0.1, 0.15) is 0 Å². The first-order valence-corrected chi connectivity index (χ1v) is 7.90. The van der Waals surface area contributed by atoms with Crippen LogP contribution >= 0.6 is 23.2 Å². The van der Waals surface area contributed by atoms with E-state index in [1.807, 2.05) is 48.5 Å². The van der Waals surface area contributed by atoms with E-state index in [0.29, 0.717) is 29.6 Å². The zero-order chi connectivity index (χ0) is 15.8. The minimum atomic E-state index is 0.0154. The molecule has 1 amide bonds. The predicted octanol–water partition coefficient (Wildman–Crippen LogP) is 4.15. The van der Waals surface area contributed by atoms with Gasteiger partial charge < -0.3 is 10.6 Å². The Balaban J connectivity index is 1.65. The molecule has 0 radical (unpaired) electrons. The SMILES string of the molecule is O=C(CCNc1ccccc1Cl)NCCc1cccc(Cl)c1. The summed E-state index contributed by atoms with van der Waals surface area (Å²) in [6.45, 7) is 1.15. The second-order valence-corrected chi connectivity index (χ2v) is 5.73. The van der Waals surface area contributed by atoms with Gasteiger partial charge in [-0.2, -0.15) is 0 Å². The van der Waals surface area contributed by atoms with E-state index in [-0.39, 0.29) is 5.91 Å². The number of rotatable bonds is 7. The van der Waals surface area contributed by atoms with Crippen LogP contribution in [0.15, 0.2) is 48.5 Å². The van der Waals surface area contributed by atoms with Crippen molar-refractivity contribution in [2.45, 2.75) is 12.8 Å². The lowest BCUT2D eigenvalue weighted by molar-refractivity contribution is -0.120. The van der Waals surface area contributed by atoms with Crippen molar-refractivity contribution in [3.05, 3.63) is 64.1 Å². The lowest BCUT2D eigenvalue weighted by Gasteiger charge is -2.09. The Bertz CT molecular complexity index is 632. The van der Waals surface area contributed by atoms with Crippen molar-refractivity contribution in [1.82, 2.24) is 5.32 Å². The fraction of sp³-hybridized carbons (Fsp3) is 0.235. The van der Waals surface area contributed by atoms with Crippen molar-refractivity contribution < 1.29 is 4.79 Å². The third-order valence-corrected chi connectivity index (χ3v) is 3.73. The molecule has 0 aliphatic carbocycles. The Morgan fingerprint density at radius 2 is 1.82 bits per heavy atom. The van der Waals surface area contributed by atoms with E-state index in [1.165, 1.54) is 0 Å². The third kappa shape index (κ3) is 5.58. The van der Waals surface area contributed by atoms with E-state index in [9.17, 15) is 4.79 Å². The summed E-state index contributed by atoms with van der Waals surface area (Å²) in [5.74, 6) is 0.0154. The molecule has 0 saturated carbocycles. The number of carbonyl (C=O) groups excluding carboxylic acids is 1. The molecule has 2 rings (SSSR count). The van der Waals surface area contributed by atoms with Gasteiger partial charge in [-0.1, -0.05) is 47.5 Å². The molecule has 0 unspecified atom stereocenters. The van der Waals surface area contributed by atoms with Crippen LogP contribution in [0.3, 0.4) is 0 Å². The molecule has 116 valence electrons. The van der Waals surface area contributed by atoms with Crippen LogP contribution in [0.25, 0.3) is 0 Å². The Kier molecular flexibility index (Phi) is 6.56. The Hall–Kier alpha value is -1.71. The van der Waals surface area contributed by atoms with Gasteiger partial charge in [0.2, 0.25) is 5.91 Å². The number of halogens is 2. The topological polar surface area (TPSA) is 41.1 Å². The summed E-state index contributed by atoms with van der Waals surface area (Å²) in [4.78, 5) is 11.8. The zero-order valence-electron chi connectivity index (χ0n) is 12.1. The number of hydrogen-bond donors (Lipinski definition) is 2. The molecule has 0 saturated heterocycles. The maximum Gasteiger partial charge on any atom is 0.221 e. The van der Waals surface area contributed by atoms with Crippen LogP contribution in [0.4, 0.5) is 5.69 Å². The molecule has 0 spiro atoms. The standard InChI is InChI=1S/C17H18Cl2N2O/c18-14-5-3-4-13(12-14)8-10-21-17(22)9-11-20-16-7-2-1-6-15(16)19/h1-7,12,20H,8-11H2,(H,21,22). The van der Waals surface area contributed by atoms with E-state index in [2.05, 4.69) is 10.6 Å². The maximum atomic E-state index is 11.8. The van der Waals surface area contributed by atoms with Crippen LogP contribution in [0.2, 0.25) is 10.0 Å². The molecule has 2 N–H and O–H groups in total. The molecule has 2 aromatic carbocycles. The van der Waals surface area contributed by atoms with Gasteiger partial charge in [-0.3, -0.25) is 4.79 Å². The molecule has 0 heterocycles. The average molecular weight is 337 g/mol. The van der Waals surface area contributed by atoms with Gasteiger partial charge in [0.15, 0.2) is 0 Å². The largest absolute Gasteiger partial charge is 0.383 e. The number of hydrogen-bond acceptors (Lipinski definition) is 2. The summed E-state index contributed by atoms with van der Waals surface area (Å²) >= 11 is 11.9. The maximum absolute atomic E-state index is 11.8. The number of nitrogens with one attached hydrogen (secondary N) is 2. The third-order valence-electron chi connectivity index (χ3n) is 3.17. The lowest BCUT2D eigenvalue weighted by Crippen LogP contribution is -2.27. The van der Waals surface area contributed by atoms with Crippen molar-refractivity contribution in [3.8, 4) is 0 Å². The van der Waals surface area contributed by atoms with E-state index in [1.54, 1.807) is 0 Å². The van der Waals surface area contributed by atoms with Crippen LogP contribution in [-0.2, 0) is 11.2 Å². The van der Waals surface area contributed by atoms with E-state index < -0.39 is 0 Å². The number of amides is 1. The molecule has 0 bridgehead atoms. The lowest BCUT2D eigenvalue weighted by atomic mass is 10.1. The van der Waals surface area contributed by atoms with Crippen molar-refractivity contribution >= 4 is 34.8 Å². The fourth-order valence-electron chi connectivity index (χ4n) is 2.04. The van der Waals surface area contributed by atoms with E-state index in [0.717, 1.165) is 17.7 Å². The van der Waals surface area contributed by atoms with E-state index >= 15 is 0 Å². The van der Waals surface area contributed by atoms with Gasteiger partial charge in [-0.15, -0.1) is 0 Å². The highest BCUT2D eigenvalue weighted by molar-refractivity contribution is 6.33. The normalized spacial score (nSPS) is 10.3.